The fraction of sp³-hybridized carbons (Fsp3) is 0.417. The summed E-state index contributed by atoms with van der Waals surface area (Å²) in [4.78, 5) is 0. The molecule has 0 saturated carbocycles. The van der Waals surface area contributed by atoms with E-state index in [0.717, 1.165) is 16.5 Å². The Morgan fingerprint density at radius 3 is 2.81 bits per heavy atom. The molecule has 2 aromatic rings. The van der Waals surface area contributed by atoms with Gasteiger partial charge in [-0.25, -0.2) is 0 Å². The quantitative estimate of drug-likeness (QED) is 0.856. The number of nitrogens with two attached hydrogens (primary N) is 1. The molecule has 0 aliphatic rings. The zero-order valence-corrected chi connectivity index (χ0v) is 9.90. The first-order chi connectivity index (χ1) is 7.61. The maximum atomic E-state index is 5.66. The number of fused-ring (bicyclic) bond motifs is 1. The van der Waals surface area contributed by atoms with Crippen LogP contribution in [0.25, 0.3) is 10.9 Å². The molecule has 0 saturated heterocycles. The predicted molar refractivity (Wildman–Crippen MR) is 64.4 cm³/mol. The third kappa shape index (κ3) is 1.88. The zero-order valence-electron chi connectivity index (χ0n) is 9.90. The van der Waals surface area contributed by atoms with Crippen LogP contribution in [-0.4, -0.2) is 15.9 Å². The smallest absolute Gasteiger partial charge is 0.241 e. The molecule has 0 unspecified atom stereocenters. The molecule has 0 spiro atoms. The monoisotopic (exact) mass is 219 g/mol. The van der Waals surface area contributed by atoms with Crippen LogP contribution in [0.2, 0.25) is 0 Å². The van der Waals surface area contributed by atoms with Gasteiger partial charge in [-0.2, -0.15) is 0 Å². The molecule has 2 N–H and O–H groups in total. The van der Waals surface area contributed by atoms with E-state index in [2.05, 4.69) is 11.2 Å². The molecular weight excluding hydrogens is 202 g/mol. The van der Waals surface area contributed by atoms with E-state index in [-0.39, 0.29) is 6.10 Å². The molecule has 1 heterocycles. The van der Waals surface area contributed by atoms with Crippen LogP contribution in [0, 0.1) is 0 Å². The van der Waals surface area contributed by atoms with Gasteiger partial charge in [0.05, 0.1) is 17.0 Å². The van der Waals surface area contributed by atoms with E-state index >= 15 is 0 Å². The Kier molecular flexibility index (Phi) is 2.83. The van der Waals surface area contributed by atoms with Gasteiger partial charge in [0.2, 0.25) is 5.88 Å². The fourth-order valence-electron chi connectivity index (χ4n) is 1.71. The van der Waals surface area contributed by atoms with Crippen LogP contribution in [-0.2, 0) is 13.6 Å². The zero-order chi connectivity index (χ0) is 11.7. The van der Waals surface area contributed by atoms with Crippen molar-refractivity contribution in [2.75, 3.05) is 0 Å². The average molecular weight is 219 g/mol. The Hall–Kier alpha value is -1.55. The average Bonchev–Trinajstić information content (AvgIpc) is 2.54. The molecule has 86 valence electrons. The second kappa shape index (κ2) is 4.14. The minimum atomic E-state index is 0.132. The number of benzene rings is 1. The summed E-state index contributed by atoms with van der Waals surface area (Å²) < 4.78 is 7.48. The molecule has 4 heteroatoms. The lowest BCUT2D eigenvalue weighted by molar-refractivity contribution is 0.233. The molecule has 0 atom stereocenters. The number of rotatable bonds is 3. The van der Waals surface area contributed by atoms with Crippen molar-refractivity contribution >= 4 is 10.9 Å². The third-order valence-electron chi connectivity index (χ3n) is 2.47. The van der Waals surface area contributed by atoms with Gasteiger partial charge in [-0.1, -0.05) is 6.07 Å². The molecule has 0 amide bonds. The number of hydrogen-bond donors (Lipinski definition) is 1. The van der Waals surface area contributed by atoms with E-state index in [4.69, 9.17) is 10.5 Å². The molecule has 0 aliphatic heterocycles. The van der Waals surface area contributed by atoms with Crippen LogP contribution in [0.4, 0.5) is 0 Å². The highest BCUT2D eigenvalue weighted by Crippen LogP contribution is 2.25. The summed E-state index contributed by atoms with van der Waals surface area (Å²) in [5, 5.41) is 5.39. The predicted octanol–water partition coefficient (Wildman–Crippen LogP) is 1.82. The van der Waals surface area contributed by atoms with Gasteiger partial charge in [0.1, 0.15) is 0 Å². The van der Waals surface area contributed by atoms with Crippen LogP contribution in [0.15, 0.2) is 18.2 Å². The Bertz CT molecular complexity index is 502. The number of aryl methyl sites for hydroxylation is 1. The summed E-state index contributed by atoms with van der Waals surface area (Å²) in [5.41, 5.74) is 7.78. The minimum absolute atomic E-state index is 0.132. The summed E-state index contributed by atoms with van der Waals surface area (Å²) in [6.07, 6.45) is 0.132. The fourth-order valence-corrected chi connectivity index (χ4v) is 1.71. The Balaban J connectivity index is 2.53. The lowest BCUT2D eigenvalue weighted by Crippen LogP contribution is -2.06. The van der Waals surface area contributed by atoms with Gasteiger partial charge in [-0.05, 0) is 31.5 Å². The molecule has 0 bridgehead atoms. The van der Waals surface area contributed by atoms with Gasteiger partial charge in [-0.15, -0.1) is 5.10 Å². The molecular formula is C12H17N3O. The van der Waals surface area contributed by atoms with Gasteiger partial charge in [0.25, 0.3) is 0 Å². The molecule has 2 rings (SSSR count). The number of ether oxygens (including phenoxy) is 1. The van der Waals surface area contributed by atoms with E-state index in [1.54, 1.807) is 0 Å². The van der Waals surface area contributed by atoms with Crippen molar-refractivity contribution in [1.29, 1.82) is 0 Å². The standard InChI is InChI=1S/C12H17N3O/c1-8(2)16-12-10-5-4-9(7-13)6-11(10)15(3)14-12/h4-6,8H,7,13H2,1-3H3. The normalized spacial score (nSPS) is 11.3. The van der Waals surface area contributed by atoms with E-state index in [1.807, 2.05) is 37.7 Å². The van der Waals surface area contributed by atoms with Gasteiger partial charge >= 0.3 is 0 Å². The summed E-state index contributed by atoms with van der Waals surface area (Å²) in [6, 6.07) is 6.08. The van der Waals surface area contributed by atoms with Gasteiger partial charge in [-0.3, -0.25) is 4.68 Å². The van der Waals surface area contributed by atoms with E-state index in [9.17, 15) is 0 Å². The maximum Gasteiger partial charge on any atom is 0.241 e. The largest absolute Gasteiger partial charge is 0.473 e. The molecule has 0 radical (unpaired) electrons. The van der Waals surface area contributed by atoms with Crippen molar-refractivity contribution in [2.45, 2.75) is 26.5 Å². The third-order valence-corrected chi connectivity index (χ3v) is 2.47. The van der Waals surface area contributed by atoms with Crippen LogP contribution in [0.5, 0.6) is 5.88 Å². The Labute approximate surface area is 95.0 Å². The first-order valence-electron chi connectivity index (χ1n) is 5.44. The van der Waals surface area contributed by atoms with Crippen molar-refractivity contribution in [3.05, 3.63) is 23.8 Å². The summed E-state index contributed by atoms with van der Waals surface area (Å²) in [6.45, 7) is 4.53. The number of aromatic nitrogens is 2. The molecule has 16 heavy (non-hydrogen) atoms. The number of hydrogen-bond acceptors (Lipinski definition) is 3. The summed E-state index contributed by atoms with van der Waals surface area (Å²) >= 11 is 0. The second-order valence-electron chi connectivity index (χ2n) is 4.15. The van der Waals surface area contributed by atoms with Crippen molar-refractivity contribution < 1.29 is 4.74 Å². The lowest BCUT2D eigenvalue weighted by Gasteiger charge is -2.05. The van der Waals surface area contributed by atoms with Gasteiger partial charge < -0.3 is 10.5 Å². The first-order valence-corrected chi connectivity index (χ1v) is 5.44. The highest BCUT2D eigenvalue weighted by Gasteiger charge is 2.11. The summed E-state index contributed by atoms with van der Waals surface area (Å²) in [7, 11) is 1.91. The van der Waals surface area contributed by atoms with Crippen LogP contribution >= 0.6 is 0 Å². The van der Waals surface area contributed by atoms with Crippen LogP contribution in [0.3, 0.4) is 0 Å². The molecule has 4 nitrogen and oxygen atoms in total. The highest BCUT2D eigenvalue weighted by molar-refractivity contribution is 5.85. The first kappa shape index (κ1) is 11.0. The van der Waals surface area contributed by atoms with Crippen molar-refractivity contribution in [3.63, 3.8) is 0 Å². The van der Waals surface area contributed by atoms with Crippen molar-refractivity contribution in [2.24, 2.45) is 12.8 Å². The van der Waals surface area contributed by atoms with Crippen molar-refractivity contribution in [3.8, 4) is 5.88 Å². The van der Waals surface area contributed by atoms with Crippen molar-refractivity contribution in [1.82, 2.24) is 9.78 Å². The maximum absolute atomic E-state index is 5.66. The van der Waals surface area contributed by atoms with Crippen LogP contribution < -0.4 is 10.5 Å². The van der Waals surface area contributed by atoms with E-state index in [0.29, 0.717) is 12.4 Å². The summed E-state index contributed by atoms with van der Waals surface area (Å²) in [5.74, 6) is 0.691. The second-order valence-corrected chi connectivity index (χ2v) is 4.15. The van der Waals surface area contributed by atoms with Gasteiger partial charge in [0, 0.05) is 13.6 Å². The topological polar surface area (TPSA) is 53.1 Å². The van der Waals surface area contributed by atoms with E-state index < -0.39 is 0 Å². The molecule has 1 aromatic heterocycles. The van der Waals surface area contributed by atoms with Gasteiger partial charge in [0.15, 0.2) is 0 Å². The van der Waals surface area contributed by atoms with E-state index in [1.165, 1.54) is 0 Å². The minimum Gasteiger partial charge on any atom is -0.473 e. The van der Waals surface area contributed by atoms with Crippen LogP contribution in [0.1, 0.15) is 19.4 Å². The SMILES string of the molecule is CC(C)Oc1nn(C)c2cc(CN)ccc12. The number of nitrogens with zero attached hydrogens (tertiary/aromatic N) is 2. The molecule has 0 aliphatic carbocycles. The Morgan fingerprint density at radius 2 is 2.19 bits per heavy atom. The highest BCUT2D eigenvalue weighted by atomic mass is 16.5. The lowest BCUT2D eigenvalue weighted by atomic mass is 10.1. The Morgan fingerprint density at radius 1 is 1.44 bits per heavy atom. The molecule has 1 aromatic carbocycles. The molecule has 0 fully saturated rings.